The van der Waals surface area contributed by atoms with Gasteiger partial charge in [0.1, 0.15) is 11.6 Å². The Kier molecular flexibility index (Phi) is 14.8. The molecule has 0 spiro atoms. The molecule has 4 nitrogen and oxygen atoms in total. The molecule has 0 bridgehead atoms. The Morgan fingerprint density at radius 3 is 1.09 bits per heavy atom. The highest BCUT2D eigenvalue weighted by atomic mass is 16.1. The molecule has 0 saturated carbocycles. The zero-order chi connectivity index (χ0) is 37.5. The minimum absolute atomic E-state index is 0.114. The number of carbonyl (C=O) groups excluding carboxylic acids is 4. The number of aryl methyl sites for hydroxylation is 2. The summed E-state index contributed by atoms with van der Waals surface area (Å²) in [5, 5.41) is 0. The lowest BCUT2D eigenvalue weighted by atomic mass is 9.84. The molecule has 2 aliphatic rings. The summed E-state index contributed by atoms with van der Waals surface area (Å²) < 4.78 is 0. The lowest BCUT2D eigenvalue weighted by Crippen LogP contribution is -2.15. The van der Waals surface area contributed by atoms with Gasteiger partial charge in [-0.2, -0.15) is 0 Å². The van der Waals surface area contributed by atoms with Crippen LogP contribution in [0.2, 0.25) is 0 Å². The number of unbranched alkanes of at least 4 members (excludes halogenated alkanes) is 13. The molecule has 0 heterocycles. The van der Waals surface area contributed by atoms with E-state index < -0.39 is 0 Å². The lowest BCUT2D eigenvalue weighted by molar-refractivity contribution is -0.120. The molecule has 0 radical (unpaired) electrons. The van der Waals surface area contributed by atoms with Crippen molar-refractivity contribution in [2.24, 2.45) is 0 Å². The SMILES string of the molecule is O=C(CCCCCCCCCCCCCCCCC(=O)CCc1ccc2c(c1)Cc1ccccc1C2=O)CCc1ccc2c(c1)Cc1ccccc1C2=O. The molecule has 0 N–H and O–H groups in total. The van der Waals surface area contributed by atoms with Crippen molar-refractivity contribution >= 4 is 23.1 Å². The second kappa shape index (κ2) is 20.3. The average Bonchev–Trinajstić information content (AvgIpc) is 3.19. The van der Waals surface area contributed by atoms with Crippen LogP contribution in [0.25, 0.3) is 0 Å². The van der Waals surface area contributed by atoms with Gasteiger partial charge in [0, 0.05) is 47.9 Å². The molecule has 0 unspecified atom stereocenters. The number of fused-ring (bicyclic) bond motifs is 4. The van der Waals surface area contributed by atoms with Gasteiger partial charge in [-0.25, -0.2) is 0 Å². The molecule has 6 rings (SSSR count). The van der Waals surface area contributed by atoms with Crippen LogP contribution < -0.4 is 0 Å². The van der Waals surface area contributed by atoms with Gasteiger partial charge < -0.3 is 0 Å². The molecule has 0 aromatic heterocycles. The van der Waals surface area contributed by atoms with Crippen molar-refractivity contribution in [3.05, 3.63) is 141 Å². The Bertz CT molecular complexity index is 1780. The van der Waals surface area contributed by atoms with Crippen LogP contribution in [0.4, 0.5) is 0 Å². The van der Waals surface area contributed by atoms with Crippen LogP contribution in [0.15, 0.2) is 84.9 Å². The molecule has 54 heavy (non-hydrogen) atoms. The second-order valence-corrected chi connectivity index (χ2v) is 15.8. The third-order valence-electron chi connectivity index (χ3n) is 11.7. The van der Waals surface area contributed by atoms with Gasteiger partial charge >= 0.3 is 0 Å². The van der Waals surface area contributed by atoms with Gasteiger partial charge in [0.25, 0.3) is 0 Å². The Labute approximate surface area is 323 Å². The van der Waals surface area contributed by atoms with Gasteiger partial charge in [0.2, 0.25) is 0 Å². The van der Waals surface area contributed by atoms with Crippen LogP contribution >= 0.6 is 0 Å². The third kappa shape index (κ3) is 11.1. The average molecular weight is 723 g/mol. The van der Waals surface area contributed by atoms with Gasteiger partial charge in [-0.15, -0.1) is 0 Å². The van der Waals surface area contributed by atoms with Crippen molar-refractivity contribution in [1.82, 2.24) is 0 Å². The first kappa shape index (κ1) is 39.3. The smallest absolute Gasteiger partial charge is 0.193 e. The summed E-state index contributed by atoms with van der Waals surface area (Å²) in [5.41, 5.74) is 9.91. The van der Waals surface area contributed by atoms with E-state index in [1.54, 1.807) is 0 Å². The molecule has 0 atom stereocenters. The maximum absolute atomic E-state index is 12.8. The summed E-state index contributed by atoms with van der Waals surface area (Å²) in [6.07, 6.45) is 22.8. The fraction of sp³-hybridized carbons (Fsp3) is 0.440. The van der Waals surface area contributed by atoms with Crippen LogP contribution in [-0.2, 0) is 35.3 Å². The van der Waals surface area contributed by atoms with Crippen molar-refractivity contribution in [3.63, 3.8) is 0 Å². The van der Waals surface area contributed by atoms with Crippen LogP contribution in [0.1, 0.15) is 181 Å². The Hall–Kier alpha value is -4.44. The van der Waals surface area contributed by atoms with Crippen LogP contribution in [0.3, 0.4) is 0 Å². The zero-order valence-corrected chi connectivity index (χ0v) is 32.3. The summed E-state index contributed by atoms with van der Waals surface area (Å²) in [6, 6.07) is 28.0. The van der Waals surface area contributed by atoms with E-state index in [1.807, 2.05) is 72.8 Å². The van der Waals surface area contributed by atoms with Gasteiger partial charge in [-0.3, -0.25) is 19.2 Å². The zero-order valence-electron chi connectivity index (χ0n) is 32.3. The van der Waals surface area contributed by atoms with E-state index in [-0.39, 0.29) is 11.6 Å². The maximum Gasteiger partial charge on any atom is 0.193 e. The summed E-state index contributed by atoms with van der Waals surface area (Å²) in [4.78, 5) is 50.8. The number of benzene rings is 4. The van der Waals surface area contributed by atoms with Gasteiger partial charge in [-0.1, -0.05) is 162 Å². The predicted molar refractivity (Wildman–Crippen MR) is 219 cm³/mol. The van der Waals surface area contributed by atoms with E-state index in [0.717, 1.165) is 107 Å². The van der Waals surface area contributed by atoms with Crippen LogP contribution in [0, 0.1) is 0 Å². The summed E-state index contributed by atoms with van der Waals surface area (Å²) in [7, 11) is 0. The second-order valence-electron chi connectivity index (χ2n) is 15.8. The largest absolute Gasteiger partial charge is 0.300 e. The van der Waals surface area contributed by atoms with Crippen molar-refractivity contribution in [2.45, 2.75) is 141 Å². The first-order chi connectivity index (χ1) is 26.5. The van der Waals surface area contributed by atoms with Crippen molar-refractivity contribution in [3.8, 4) is 0 Å². The topological polar surface area (TPSA) is 68.3 Å². The molecule has 282 valence electrons. The summed E-state index contributed by atoms with van der Waals surface area (Å²) >= 11 is 0. The molecule has 4 aromatic carbocycles. The van der Waals surface area contributed by atoms with E-state index in [9.17, 15) is 19.2 Å². The fourth-order valence-electron chi connectivity index (χ4n) is 8.42. The number of hydrogen-bond donors (Lipinski definition) is 0. The molecule has 4 heteroatoms. The quantitative estimate of drug-likeness (QED) is 0.0618. The minimum atomic E-state index is 0.114. The van der Waals surface area contributed by atoms with E-state index in [0.29, 0.717) is 37.2 Å². The summed E-state index contributed by atoms with van der Waals surface area (Å²) in [5.74, 6) is 0.936. The number of Topliss-reactive ketones (excluding diaryl/α,β-unsaturated/α-hetero) is 2. The number of rotatable bonds is 23. The molecule has 2 aliphatic carbocycles. The molecule has 0 amide bonds. The Morgan fingerprint density at radius 2 is 0.704 bits per heavy atom. The Balaban J connectivity index is 0.705. The van der Waals surface area contributed by atoms with Crippen molar-refractivity contribution in [1.29, 1.82) is 0 Å². The van der Waals surface area contributed by atoms with Gasteiger partial charge in [-0.05, 0) is 71.9 Å². The van der Waals surface area contributed by atoms with E-state index in [4.69, 9.17) is 0 Å². The minimum Gasteiger partial charge on any atom is -0.300 e. The van der Waals surface area contributed by atoms with Gasteiger partial charge in [0.15, 0.2) is 11.6 Å². The van der Waals surface area contributed by atoms with E-state index >= 15 is 0 Å². The van der Waals surface area contributed by atoms with Crippen molar-refractivity contribution in [2.75, 3.05) is 0 Å². The lowest BCUT2D eigenvalue weighted by Gasteiger charge is -2.19. The first-order valence-electron chi connectivity index (χ1n) is 21.0. The third-order valence-corrected chi connectivity index (χ3v) is 11.7. The highest BCUT2D eigenvalue weighted by molar-refractivity contribution is 6.13. The predicted octanol–water partition coefficient (Wildman–Crippen LogP) is 11.9. The first-order valence-corrected chi connectivity index (χ1v) is 21.0. The van der Waals surface area contributed by atoms with Crippen LogP contribution in [-0.4, -0.2) is 23.1 Å². The number of carbonyl (C=O) groups is 4. The molecule has 0 saturated heterocycles. The molecule has 4 aromatic rings. The molecular weight excluding hydrogens is 665 g/mol. The molecule has 0 aliphatic heterocycles. The fourth-order valence-corrected chi connectivity index (χ4v) is 8.42. The Morgan fingerprint density at radius 1 is 0.370 bits per heavy atom. The van der Waals surface area contributed by atoms with Crippen LogP contribution in [0.5, 0.6) is 0 Å². The molecule has 0 fully saturated rings. The highest BCUT2D eigenvalue weighted by Crippen LogP contribution is 2.30. The highest BCUT2D eigenvalue weighted by Gasteiger charge is 2.24. The number of ketones is 4. The number of hydrogen-bond acceptors (Lipinski definition) is 4. The normalized spacial score (nSPS) is 12.9. The van der Waals surface area contributed by atoms with Crippen molar-refractivity contribution < 1.29 is 19.2 Å². The molecular formula is C50H58O4. The standard InChI is InChI=1S/C50H58O4/c51-43(29-25-37-27-31-47-41(33-37)35-39-19-15-17-23-45(39)49(47)53)21-13-11-9-7-5-3-1-2-4-6-8-10-12-14-22-44(52)30-26-38-28-32-48-42(34-38)36-40-20-16-18-24-46(40)50(48)54/h15-20,23-24,27-28,31-34H,1-14,21-22,25-26,29-30,35-36H2. The van der Waals surface area contributed by atoms with E-state index in [1.165, 1.54) is 64.2 Å². The van der Waals surface area contributed by atoms with E-state index in [2.05, 4.69) is 12.1 Å². The monoisotopic (exact) mass is 722 g/mol. The summed E-state index contributed by atoms with van der Waals surface area (Å²) in [6.45, 7) is 0. The maximum atomic E-state index is 12.8. The van der Waals surface area contributed by atoms with Gasteiger partial charge in [0.05, 0.1) is 0 Å².